The van der Waals surface area contributed by atoms with Crippen LogP contribution < -0.4 is 0 Å². The van der Waals surface area contributed by atoms with Gasteiger partial charge in [0.2, 0.25) is 11.8 Å². The molecule has 0 saturated carbocycles. The monoisotopic (exact) mass is 450 g/mol. The first-order valence-electron chi connectivity index (χ1n) is 11.8. The molecule has 0 unspecified atom stereocenters. The quantitative estimate of drug-likeness (QED) is 0.310. The lowest BCUT2D eigenvalue weighted by atomic mass is 9.70. The fourth-order valence-electron chi connectivity index (χ4n) is 5.72. The molecule has 32 heavy (non-hydrogen) atoms. The fourth-order valence-corrected chi connectivity index (χ4v) is 5.72. The number of unbranched alkanes of at least 4 members (excludes halogenated alkanes) is 2. The van der Waals surface area contributed by atoms with Gasteiger partial charge in [0.25, 0.3) is 0 Å². The lowest BCUT2D eigenvalue weighted by Crippen LogP contribution is -2.59. The van der Waals surface area contributed by atoms with E-state index in [0.29, 0.717) is 38.8 Å². The number of hydrogen-bond donors (Lipinski definition) is 1. The normalized spacial score (nSPS) is 31.0. The highest BCUT2D eigenvalue weighted by molar-refractivity contribution is 5.98. The number of carbonyl (C=O) groups excluding carboxylic acids is 3. The van der Waals surface area contributed by atoms with Crippen molar-refractivity contribution in [2.45, 2.75) is 83.1 Å². The van der Waals surface area contributed by atoms with Gasteiger partial charge in [0.05, 0.1) is 24.5 Å². The minimum absolute atomic E-state index is 0.0930. The summed E-state index contributed by atoms with van der Waals surface area (Å²) < 4.78 is 11.7. The molecule has 5 atom stereocenters. The zero-order valence-corrected chi connectivity index (χ0v) is 19.8. The molecule has 3 saturated heterocycles. The Hall–Kier alpha value is -1.93. The summed E-state index contributed by atoms with van der Waals surface area (Å²) in [6.07, 6.45) is 4.56. The molecule has 0 aliphatic carbocycles. The second kappa shape index (κ2) is 9.51. The Bertz CT molecular complexity index is 747. The van der Waals surface area contributed by atoms with Crippen molar-refractivity contribution < 1.29 is 29.0 Å². The van der Waals surface area contributed by atoms with E-state index < -0.39 is 41.1 Å². The summed E-state index contributed by atoms with van der Waals surface area (Å²) in [5.41, 5.74) is -1.47. The maximum absolute atomic E-state index is 14.0. The van der Waals surface area contributed by atoms with Gasteiger partial charge in [-0.15, -0.1) is 6.58 Å². The van der Waals surface area contributed by atoms with Crippen molar-refractivity contribution in [1.82, 2.24) is 9.80 Å². The molecule has 0 aromatic heterocycles. The summed E-state index contributed by atoms with van der Waals surface area (Å²) in [5, 5.41) is 9.11. The Morgan fingerprint density at radius 3 is 2.66 bits per heavy atom. The van der Waals surface area contributed by atoms with Crippen LogP contribution in [0.5, 0.6) is 0 Å². The largest absolute Gasteiger partial charge is 0.466 e. The van der Waals surface area contributed by atoms with Crippen LogP contribution in [0.1, 0.15) is 59.8 Å². The Balaban J connectivity index is 1.99. The molecule has 8 heteroatoms. The lowest BCUT2D eigenvalue weighted by Gasteiger charge is -2.42. The molecule has 2 amide bonds. The van der Waals surface area contributed by atoms with E-state index in [0.717, 1.165) is 6.42 Å². The average Bonchev–Trinajstić information content (AvgIpc) is 3.36. The van der Waals surface area contributed by atoms with Gasteiger partial charge in [0.1, 0.15) is 11.6 Å². The number of carbonyl (C=O) groups is 3. The van der Waals surface area contributed by atoms with Gasteiger partial charge >= 0.3 is 5.97 Å². The van der Waals surface area contributed by atoms with E-state index in [1.165, 1.54) is 0 Å². The molecular formula is C24H38N2O6. The van der Waals surface area contributed by atoms with Crippen LogP contribution >= 0.6 is 0 Å². The smallest absolute Gasteiger partial charge is 0.312 e. The van der Waals surface area contributed by atoms with E-state index in [2.05, 4.69) is 6.58 Å². The number of aliphatic hydroxyl groups is 1. The molecule has 180 valence electrons. The zero-order valence-electron chi connectivity index (χ0n) is 19.8. The van der Waals surface area contributed by atoms with Gasteiger partial charge in [-0.3, -0.25) is 14.4 Å². The van der Waals surface area contributed by atoms with Gasteiger partial charge < -0.3 is 24.4 Å². The van der Waals surface area contributed by atoms with Crippen molar-refractivity contribution >= 4 is 17.8 Å². The van der Waals surface area contributed by atoms with Crippen LogP contribution in [0.4, 0.5) is 0 Å². The van der Waals surface area contributed by atoms with Crippen molar-refractivity contribution in [3.63, 3.8) is 0 Å². The number of aliphatic hydroxyl groups excluding tert-OH is 1. The van der Waals surface area contributed by atoms with Gasteiger partial charge in [-0.1, -0.05) is 6.08 Å². The summed E-state index contributed by atoms with van der Waals surface area (Å²) in [5.74, 6) is -2.14. The highest BCUT2D eigenvalue weighted by Gasteiger charge is 2.75. The predicted octanol–water partition coefficient (Wildman–Crippen LogP) is 1.90. The van der Waals surface area contributed by atoms with E-state index in [4.69, 9.17) is 14.6 Å². The van der Waals surface area contributed by atoms with Crippen LogP contribution in [0.2, 0.25) is 0 Å². The maximum atomic E-state index is 14.0. The number of hydrogen-bond acceptors (Lipinski definition) is 6. The van der Waals surface area contributed by atoms with Gasteiger partial charge in [-0.05, 0) is 59.8 Å². The fraction of sp³-hybridized carbons (Fsp3) is 0.792. The van der Waals surface area contributed by atoms with Gasteiger partial charge in [-0.2, -0.15) is 0 Å². The molecule has 3 aliphatic heterocycles. The molecule has 1 spiro atoms. The molecule has 2 bridgehead atoms. The summed E-state index contributed by atoms with van der Waals surface area (Å²) in [6.45, 7) is 12.5. The lowest BCUT2D eigenvalue weighted by molar-refractivity contribution is -0.155. The van der Waals surface area contributed by atoms with Gasteiger partial charge in [0.15, 0.2) is 0 Å². The number of amides is 2. The summed E-state index contributed by atoms with van der Waals surface area (Å²) in [4.78, 5) is 43.9. The minimum Gasteiger partial charge on any atom is -0.466 e. The highest BCUT2D eigenvalue weighted by Crippen LogP contribution is 2.59. The van der Waals surface area contributed by atoms with Crippen LogP contribution in [0.3, 0.4) is 0 Å². The SMILES string of the molecule is C=CCN(C(=O)[C@@H]1N(CCCCCO)C(=O)[C@H]2[C@H](C(=O)OCC)[C@@H]3CC[C@]12O3)C(C)(C)C. The van der Waals surface area contributed by atoms with Crippen molar-refractivity contribution in [2.75, 3.05) is 26.3 Å². The number of fused-ring (bicyclic) bond motifs is 1. The average molecular weight is 451 g/mol. The second-order valence-electron chi connectivity index (χ2n) is 10.0. The first-order chi connectivity index (χ1) is 15.1. The standard InChI is InChI=1S/C24H38N2O6/c1-6-13-26(23(3,4)5)21(29)19-24-12-11-16(32-24)17(22(30)31-7-2)18(24)20(28)25(19)14-9-8-10-15-27/h6,16-19,27H,1,7-15H2,2-5H3/t16-,17+,18+,19-,24+/m0/s1. The molecule has 0 aromatic rings. The molecule has 0 radical (unpaired) electrons. The maximum Gasteiger partial charge on any atom is 0.312 e. The predicted molar refractivity (Wildman–Crippen MR) is 119 cm³/mol. The van der Waals surface area contributed by atoms with Crippen molar-refractivity contribution in [2.24, 2.45) is 11.8 Å². The summed E-state index contributed by atoms with van der Waals surface area (Å²) in [7, 11) is 0. The summed E-state index contributed by atoms with van der Waals surface area (Å²) >= 11 is 0. The van der Waals surface area contributed by atoms with Crippen LogP contribution in [0, 0.1) is 11.8 Å². The zero-order chi connectivity index (χ0) is 23.7. The topological polar surface area (TPSA) is 96.4 Å². The van der Waals surface area contributed by atoms with Crippen molar-refractivity contribution in [1.29, 1.82) is 0 Å². The van der Waals surface area contributed by atoms with Gasteiger partial charge in [0, 0.05) is 25.2 Å². The van der Waals surface area contributed by atoms with Gasteiger partial charge in [-0.25, -0.2) is 0 Å². The third-order valence-electron chi connectivity index (χ3n) is 7.04. The molecule has 0 aromatic carbocycles. The summed E-state index contributed by atoms with van der Waals surface area (Å²) in [6, 6.07) is -0.780. The molecule has 3 heterocycles. The third kappa shape index (κ3) is 4.07. The Morgan fingerprint density at radius 2 is 2.06 bits per heavy atom. The van der Waals surface area contributed by atoms with Crippen LogP contribution in [-0.4, -0.2) is 82.3 Å². The number of esters is 1. The van der Waals surface area contributed by atoms with E-state index in [9.17, 15) is 14.4 Å². The number of nitrogens with zero attached hydrogens (tertiary/aromatic N) is 2. The number of rotatable bonds is 10. The molecule has 1 N–H and O–H groups in total. The van der Waals surface area contributed by atoms with E-state index >= 15 is 0 Å². The van der Waals surface area contributed by atoms with Crippen LogP contribution in [0.15, 0.2) is 12.7 Å². The number of likely N-dealkylation sites (tertiary alicyclic amines) is 1. The van der Waals surface area contributed by atoms with Crippen molar-refractivity contribution in [3.8, 4) is 0 Å². The van der Waals surface area contributed by atoms with Crippen LogP contribution in [0.25, 0.3) is 0 Å². The molecule has 3 aliphatic rings. The first kappa shape index (κ1) is 24.7. The van der Waals surface area contributed by atoms with E-state index in [1.807, 2.05) is 20.8 Å². The molecule has 8 nitrogen and oxygen atoms in total. The van der Waals surface area contributed by atoms with Crippen molar-refractivity contribution in [3.05, 3.63) is 12.7 Å². The Kier molecular flexibility index (Phi) is 7.34. The highest BCUT2D eigenvalue weighted by atomic mass is 16.6. The Morgan fingerprint density at radius 1 is 1.34 bits per heavy atom. The second-order valence-corrected chi connectivity index (χ2v) is 10.0. The first-order valence-corrected chi connectivity index (χ1v) is 11.8. The van der Waals surface area contributed by atoms with E-state index in [-0.39, 0.29) is 25.0 Å². The molecule has 3 rings (SSSR count). The van der Waals surface area contributed by atoms with Crippen LogP contribution in [-0.2, 0) is 23.9 Å². The molecule has 3 fully saturated rings. The third-order valence-corrected chi connectivity index (χ3v) is 7.04. The number of ether oxygens (including phenoxy) is 2. The molecular weight excluding hydrogens is 412 g/mol. The Labute approximate surface area is 190 Å². The minimum atomic E-state index is -1.00. The van der Waals surface area contributed by atoms with E-state index in [1.54, 1.807) is 22.8 Å².